The fraction of sp³-hybridized carbons (Fsp3) is 0.370. The summed E-state index contributed by atoms with van der Waals surface area (Å²) >= 11 is 7.49. The van der Waals surface area contributed by atoms with Crippen molar-refractivity contribution in [1.82, 2.24) is 10.3 Å². The van der Waals surface area contributed by atoms with E-state index in [0.717, 1.165) is 30.7 Å². The van der Waals surface area contributed by atoms with E-state index in [2.05, 4.69) is 10.3 Å². The van der Waals surface area contributed by atoms with Gasteiger partial charge in [0.15, 0.2) is 0 Å². The van der Waals surface area contributed by atoms with Crippen molar-refractivity contribution in [2.24, 2.45) is 0 Å². The maximum Gasteiger partial charge on any atom is 0.271 e. The van der Waals surface area contributed by atoms with Gasteiger partial charge in [0.25, 0.3) is 5.91 Å². The van der Waals surface area contributed by atoms with Crippen molar-refractivity contribution in [3.8, 4) is 5.75 Å². The quantitative estimate of drug-likeness (QED) is 0.406. The van der Waals surface area contributed by atoms with Gasteiger partial charge < -0.3 is 10.1 Å². The molecule has 2 amide bonds. The van der Waals surface area contributed by atoms with Crippen LogP contribution < -0.4 is 15.0 Å². The first-order valence-electron chi connectivity index (χ1n) is 11.8. The molecular formula is C27H30ClN3O3S. The topological polar surface area (TPSA) is 71.5 Å². The summed E-state index contributed by atoms with van der Waals surface area (Å²) in [5.74, 6) is 0.206. The standard InChI is InChI=1S/C27H30ClN3O3S/c1-17-25(35-18(2)29-17)27(33)31(22-13-11-20(28)12-14-22)24(19-9-15-23(34-3)16-10-19)26(32)30-21-7-5-4-6-8-21/h9-16,21,24H,4-8H2,1-3H3,(H,30,32). The number of methoxy groups -OCH3 is 1. The molecule has 184 valence electrons. The molecule has 1 aliphatic rings. The van der Waals surface area contributed by atoms with Crippen LogP contribution in [0.3, 0.4) is 0 Å². The van der Waals surface area contributed by atoms with E-state index in [9.17, 15) is 9.59 Å². The molecule has 1 aromatic heterocycles. The zero-order valence-corrected chi connectivity index (χ0v) is 21.8. The van der Waals surface area contributed by atoms with Crippen LogP contribution in [0.5, 0.6) is 5.75 Å². The number of hydrogen-bond acceptors (Lipinski definition) is 5. The van der Waals surface area contributed by atoms with Gasteiger partial charge in [-0.05, 0) is 68.7 Å². The summed E-state index contributed by atoms with van der Waals surface area (Å²) in [7, 11) is 1.60. The molecule has 1 atom stereocenters. The van der Waals surface area contributed by atoms with E-state index >= 15 is 0 Å². The van der Waals surface area contributed by atoms with Crippen LogP contribution in [-0.4, -0.2) is 29.9 Å². The molecule has 0 spiro atoms. The van der Waals surface area contributed by atoms with Gasteiger partial charge in [-0.3, -0.25) is 14.5 Å². The molecule has 1 aliphatic carbocycles. The van der Waals surface area contributed by atoms with Crippen LogP contribution >= 0.6 is 22.9 Å². The minimum absolute atomic E-state index is 0.103. The van der Waals surface area contributed by atoms with Crippen molar-refractivity contribution >= 4 is 40.4 Å². The van der Waals surface area contributed by atoms with Gasteiger partial charge in [0.05, 0.1) is 17.8 Å². The summed E-state index contributed by atoms with van der Waals surface area (Å²) in [5.41, 5.74) is 1.93. The number of thiazole rings is 1. The Hall–Kier alpha value is -2.90. The van der Waals surface area contributed by atoms with Gasteiger partial charge in [-0.1, -0.05) is 43.0 Å². The molecule has 3 aromatic rings. The van der Waals surface area contributed by atoms with Crippen LogP contribution in [-0.2, 0) is 4.79 Å². The molecule has 1 unspecified atom stereocenters. The summed E-state index contributed by atoms with van der Waals surface area (Å²) in [6.45, 7) is 3.69. The van der Waals surface area contributed by atoms with Crippen molar-refractivity contribution in [3.05, 3.63) is 74.7 Å². The lowest BCUT2D eigenvalue weighted by Gasteiger charge is -2.33. The molecule has 0 bridgehead atoms. The largest absolute Gasteiger partial charge is 0.497 e. The lowest BCUT2D eigenvalue weighted by Crippen LogP contribution is -2.47. The number of amides is 2. The highest BCUT2D eigenvalue weighted by atomic mass is 35.5. The zero-order valence-electron chi connectivity index (χ0n) is 20.2. The number of aryl methyl sites for hydroxylation is 2. The molecule has 0 saturated heterocycles. The second kappa shape index (κ2) is 11.2. The van der Waals surface area contributed by atoms with Gasteiger partial charge in [-0.2, -0.15) is 0 Å². The Morgan fingerprint density at radius 3 is 2.29 bits per heavy atom. The Morgan fingerprint density at radius 1 is 1.06 bits per heavy atom. The SMILES string of the molecule is COc1ccc(C(C(=O)NC2CCCCC2)N(C(=O)c2sc(C)nc2C)c2ccc(Cl)cc2)cc1. The molecule has 2 aromatic carbocycles. The molecule has 1 saturated carbocycles. The first-order valence-corrected chi connectivity index (χ1v) is 13.0. The molecule has 1 fully saturated rings. The van der Waals surface area contributed by atoms with Crippen molar-refractivity contribution in [2.75, 3.05) is 12.0 Å². The molecule has 0 radical (unpaired) electrons. The van der Waals surface area contributed by atoms with Crippen LogP contribution in [0.25, 0.3) is 0 Å². The first kappa shape index (κ1) is 25.2. The normalized spacial score (nSPS) is 14.9. The molecule has 1 N–H and O–H groups in total. The van der Waals surface area contributed by atoms with Crippen LogP contribution in [0, 0.1) is 13.8 Å². The second-order valence-corrected chi connectivity index (χ2v) is 10.5. The Kier molecular flexibility index (Phi) is 8.08. The molecular weight excluding hydrogens is 482 g/mol. The highest BCUT2D eigenvalue weighted by Crippen LogP contribution is 2.34. The minimum Gasteiger partial charge on any atom is -0.497 e. The number of rotatable bonds is 7. The number of nitrogens with zero attached hydrogens (tertiary/aromatic N) is 2. The van der Waals surface area contributed by atoms with Crippen molar-refractivity contribution < 1.29 is 14.3 Å². The van der Waals surface area contributed by atoms with Crippen molar-refractivity contribution in [2.45, 2.75) is 58.0 Å². The van der Waals surface area contributed by atoms with E-state index in [-0.39, 0.29) is 17.9 Å². The van der Waals surface area contributed by atoms with E-state index in [0.29, 0.717) is 32.6 Å². The first-order chi connectivity index (χ1) is 16.9. The van der Waals surface area contributed by atoms with E-state index in [1.807, 2.05) is 38.1 Å². The number of benzene rings is 2. The van der Waals surface area contributed by atoms with Crippen LogP contribution in [0.4, 0.5) is 5.69 Å². The second-order valence-electron chi connectivity index (χ2n) is 8.82. The number of ether oxygens (including phenoxy) is 1. The lowest BCUT2D eigenvalue weighted by molar-refractivity contribution is -0.123. The number of aromatic nitrogens is 1. The Bertz CT molecular complexity index is 1170. The molecule has 6 nitrogen and oxygen atoms in total. The predicted molar refractivity (Wildman–Crippen MR) is 141 cm³/mol. The van der Waals surface area contributed by atoms with Gasteiger partial charge in [0, 0.05) is 16.8 Å². The number of halogens is 1. The molecule has 35 heavy (non-hydrogen) atoms. The monoisotopic (exact) mass is 511 g/mol. The Morgan fingerprint density at radius 2 is 1.71 bits per heavy atom. The van der Waals surface area contributed by atoms with Gasteiger partial charge in [0.1, 0.15) is 16.7 Å². The van der Waals surface area contributed by atoms with Gasteiger partial charge in [0.2, 0.25) is 5.91 Å². The highest BCUT2D eigenvalue weighted by Gasteiger charge is 2.36. The smallest absolute Gasteiger partial charge is 0.271 e. The highest BCUT2D eigenvalue weighted by molar-refractivity contribution is 7.13. The van der Waals surface area contributed by atoms with Crippen LogP contribution in [0.1, 0.15) is 64.1 Å². The van der Waals surface area contributed by atoms with E-state index in [1.54, 1.807) is 36.3 Å². The summed E-state index contributed by atoms with van der Waals surface area (Å²) in [5, 5.41) is 4.59. The molecule has 4 rings (SSSR count). The Labute approximate surface area is 215 Å². The summed E-state index contributed by atoms with van der Waals surface area (Å²) in [4.78, 5) is 34.5. The molecule has 1 heterocycles. The van der Waals surface area contributed by atoms with E-state index in [4.69, 9.17) is 16.3 Å². The van der Waals surface area contributed by atoms with Crippen molar-refractivity contribution in [1.29, 1.82) is 0 Å². The fourth-order valence-corrected chi connectivity index (χ4v) is 5.54. The van der Waals surface area contributed by atoms with Crippen molar-refractivity contribution in [3.63, 3.8) is 0 Å². The molecule has 0 aliphatic heterocycles. The average molecular weight is 512 g/mol. The average Bonchev–Trinajstić information content (AvgIpc) is 3.21. The minimum atomic E-state index is -0.877. The predicted octanol–water partition coefficient (Wildman–Crippen LogP) is 6.26. The van der Waals surface area contributed by atoms with E-state index in [1.165, 1.54) is 17.8 Å². The lowest BCUT2D eigenvalue weighted by atomic mass is 9.94. The number of carbonyl (C=O) groups excluding carboxylic acids is 2. The van der Waals surface area contributed by atoms with E-state index < -0.39 is 6.04 Å². The van der Waals surface area contributed by atoms with Crippen LogP contribution in [0.2, 0.25) is 5.02 Å². The van der Waals surface area contributed by atoms with Gasteiger partial charge in [-0.25, -0.2) is 4.98 Å². The number of anilines is 1. The third kappa shape index (κ3) is 5.85. The third-order valence-electron chi connectivity index (χ3n) is 6.31. The number of nitrogens with one attached hydrogen (secondary N) is 1. The summed E-state index contributed by atoms with van der Waals surface area (Å²) < 4.78 is 5.32. The number of carbonyl (C=O) groups is 2. The zero-order chi connectivity index (χ0) is 24.9. The van der Waals surface area contributed by atoms with Gasteiger partial charge in [-0.15, -0.1) is 11.3 Å². The third-order valence-corrected chi connectivity index (χ3v) is 7.62. The van der Waals surface area contributed by atoms with Gasteiger partial charge >= 0.3 is 0 Å². The fourth-order valence-electron chi connectivity index (χ4n) is 4.56. The number of hydrogen-bond donors (Lipinski definition) is 1. The molecule has 8 heteroatoms. The maximum atomic E-state index is 14.1. The van der Waals surface area contributed by atoms with Crippen LogP contribution in [0.15, 0.2) is 48.5 Å². The summed E-state index contributed by atoms with van der Waals surface area (Å²) in [6, 6.07) is 13.5. The maximum absolute atomic E-state index is 14.1. The Balaban J connectivity index is 1.81. The summed E-state index contributed by atoms with van der Waals surface area (Å²) in [6.07, 6.45) is 5.27.